The molecule has 0 bridgehead atoms. The van der Waals surface area contributed by atoms with Crippen LogP contribution in [-0.2, 0) is 6.42 Å². The van der Waals surface area contributed by atoms with Crippen molar-refractivity contribution in [1.29, 1.82) is 0 Å². The van der Waals surface area contributed by atoms with E-state index < -0.39 is 0 Å². The lowest BCUT2D eigenvalue weighted by atomic mass is 10.1. The van der Waals surface area contributed by atoms with Crippen molar-refractivity contribution in [3.8, 4) is 5.75 Å². The van der Waals surface area contributed by atoms with Gasteiger partial charge in [-0.05, 0) is 61.2 Å². The lowest BCUT2D eigenvalue weighted by molar-refractivity contribution is 0.317. The molecule has 0 N–H and O–H groups in total. The lowest BCUT2D eigenvalue weighted by Crippen LogP contribution is -1.93. The van der Waals surface area contributed by atoms with Crippen LogP contribution in [0, 0.1) is 0 Å². The third-order valence-electron chi connectivity index (χ3n) is 4.10. The van der Waals surface area contributed by atoms with Crippen LogP contribution in [-0.4, -0.2) is 6.61 Å². The molecule has 2 aromatic carbocycles. The van der Waals surface area contributed by atoms with E-state index in [4.69, 9.17) is 4.74 Å². The fourth-order valence-corrected chi connectivity index (χ4v) is 2.61. The number of aryl methyl sites for hydroxylation is 1. The standard InChI is InChI=1S/C22H30N2O/c1-3-5-6-7-8-9-19-10-12-20(13-11-19)23-24-21-14-16-22(17-15-21)25-18-4-2/h10-17H,3-9,18H2,1-2H3. The summed E-state index contributed by atoms with van der Waals surface area (Å²) in [6, 6.07) is 16.1. The SMILES string of the molecule is CCCCCCCc1ccc(N=Nc2ccc(OCCC)cc2)cc1. The summed E-state index contributed by atoms with van der Waals surface area (Å²) in [5.41, 5.74) is 3.11. The number of hydrogen-bond donors (Lipinski definition) is 0. The van der Waals surface area contributed by atoms with Gasteiger partial charge in [0.25, 0.3) is 0 Å². The molecule has 0 saturated carbocycles. The quantitative estimate of drug-likeness (QED) is 0.310. The van der Waals surface area contributed by atoms with Gasteiger partial charge in [0.1, 0.15) is 5.75 Å². The van der Waals surface area contributed by atoms with E-state index in [-0.39, 0.29) is 0 Å². The first-order valence-corrected chi connectivity index (χ1v) is 9.55. The van der Waals surface area contributed by atoms with Crippen molar-refractivity contribution >= 4 is 11.4 Å². The Labute approximate surface area is 152 Å². The Morgan fingerprint density at radius 2 is 1.28 bits per heavy atom. The molecule has 0 heterocycles. The fourth-order valence-electron chi connectivity index (χ4n) is 2.61. The van der Waals surface area contributed by atoms with Gasteiger partial charge in [0.15, 0.2) is 0 Å². The molecule has 0 spiro atoms. The zero-order chi connectivity index (χ0) is 17.7. The lowest BCUT2D eigenvalue weighted by Gasteiger charge is -2.03. The second-order valence-corrected chi connectivity index (χ2v) is 6.37. The molecule has 0 saturated heterocycles. The molecule has 0 aromatic heterocycles. The summed E-state index contributed by atoms with van der Waals surface area (Å²) in [6.07, 6.45) is 8.77. The third-order valence-corrected chi connectivity index (χ3v) is 4.10. The van der Waals surface area contributed by atoms with Crippen molar-refractivity contribution in [3.05, 3.63) is 54.1 Å². The second-order valence-electron chi connectivity index (χ2n) is 6.37. The van der Waals surface area contributed by atoms with Gasteiger partial charge >= 0.3 is 0 Å². The maximum absolute atomic E-state index is 5.57. The molecule has 0 aliphatic heterocycles. The topological polar surface area (TPSA) is 34.0 Å². The minimum absolute atomic E-state index is 0.742. The molecule has 3 nitrogen and oxygen atoms in total. The van der Waals surface area contributed by atoms with E-state index in [0.29, 0.717) is 0 Å². The largest absolute Gasteiger partial charge is 0.494 e. The molecule has 134 valence electrons. The van der Waals surface area contributed by atoms with Gasteiger partial charge in [0.05, 0.1) is 18.0 Å². The molecule has 2 rings (SSSR count). The molecule has 0 atom stereocenters. The van der Waals surface area contributed by atoms with E-state index in [9.17, 15) is 0 Å². The van der Waals surface area contributed by atoms with Gasteiger partial charge in [-0.3, -0.25) is 0 Å². The Balaban J connectivity index is 1.80. The summed E-state index contributed by atoms with van der Waals surface area (Å²) < 4.78 is 5.57. The van der Waals surface area contributed by atoms with Crippen LogP contribution in [0.3, 0.4) is 0 Å². The smallest absolute Gasteiger partial charge is 0.119 e. The predicted molar refractivity (Wildman–Crippen MR) is 105 cm³/mol. The molecule has 3 heteroatoms. The molecule has 0 aliphatic carbocycles. The summed E-state index contributed by atoms with van der Waals surface area (Å²) in [7, 11) is 0. The van der Waals surface area contributed by atoms with E-state index in [0.717, 1.165) is 36.6 Å². The first-order chi connectivity index (χ1) is 12.3. The van der Waals surface area contributed by atoms with Crippen LogP contribution in [0.2, 0.25) is 0 Å². The summed E-state index contributed by atoms with van der Waals surface area (Å²) in [6.45, 7) is 5.09. The van der Waals surface area contributed by atoms with Gasteiger partial charge in [-0.25, -0.2) is 0 Å². The number of rotatable bonds is 11. The Kier molecular flexibility index (Phi) is 8.74. The van der Waals surface area contributed by atoms with Crippen LogP contribution in [0.15, 0.2) is 58.8 Å². The monoisotopic (exact) mass is 338 g/mol. The van der Waals surface area contributed by atoms with E-state index in [1.54, 1.807) is 0 Å². The van der Waals surface area contributed by atoms with Crippen molar-refractivity contribution in [2.75, 3.05) is 6.61 Å². The summed E-state index contributed by atoms with van der Waals surface area (Å²) in [5.74, 6) is 0.879. The first kappa shape index (κ1) is 19.2. The van der Waals surface area contributed by atoms with Crippen LogP contribution in [0.5, 0.6) is 5.75 Å². The maximum Gasteiger partial charge on any atom is 0.119 e. The number of benzene rings is 2. The number of unbranched alkanes of at least 4 members (excludes halogenated alkanes) is 4. The molecule has 0 amide bonds. The maximum atomic E-state index is 5.57. The van der Waals surface area contributed by atoms with Crippen LogP contribution in [0.1, 0.15) is 57.9 Å². The second kappa shape index (κ2) is 11.4. The highest BCUT2D eigenvalue weighted by molar-refractivity contribution is 5.43. The van der Waals surface area contributed by atoms with Crippen molar-refractivity contribution in [3.63, 3.8) is 0 Å². The van der Waals surface area contributed by atoms with Crippen molar-refractivity contribution in [2.24, 2.45) is 10.2 Å². The Morgan fingerprint density at radius 3 is 1.88 bits per heavy atom. The average Bonchev–Trinajstić information content (AvgIpc) is 2.66. The molecular formula is C22H30N2O. The molecule has 0 fully saturated rings. The first-order valence-electron chi connectivity index (χ1n) is 9.55. The molecule has 0 radical (unpaired) electrons. The van der Waals surface area contributed by atoms with E-state index in [1.165, 1.54) is 37.7 Å². The van der Waals surface area contributed by atoms with Gasteiger partial charge in [-0.1, -0.05) is 51.7 Å². The van der Waals surface area contributed by atoms with Gasteiger partial charge in [0, 0.05) is 0 Å². The van der Waals surface area contributed by atoms with Gasteiger partial charge in [0.2, 0.25) is 0 Å². The van der Waals surface area contributed by atoms with Gasteiger partial charge < -0.3 is 4.74 Å². The van der Waals surface area contributed by atoms with Crippen LogP contribution >= 0.6 is 0 Å². The molecule has 0 aliphatic rings. The van der Waals surface area contributed by atoms with Crippen molar-refractivity contribution < 1.29 is 4.74 Å². The molecular weight excluding hydrogens is 308 g/mol. The number of ether oxygens (including phenoxy) is 1. The Morgan fingerprint density at radius 1 is 0.680 bits per heavy atom. The summed E-state index contributed by atoms with van der Waals surface area (Å²) in [4.78, 5) is 0. The Bertz CT molecular complexity index is 617. The highest BCUT2D eigenvalue weighted by Gasteiger charge is 1.97. The van der Waals surface area contributed by atoms with Crippen LogP contribution < -0.4 is 4.74 Å². The van der Waals surface area contributed by atoms with E-state index in [1.807, 2.05) is 36.4 Å². The van der Waals surface area contributed by atoms with Gasteiger partial charge in [-0.2, -0.15) is 10.2 Å². The number of nitrogens with zero attached hydrogens (tertiary/aromatic N) is 2. The zero-order valence-electron chi connectivity index (χ0n) is 15.6. The number of hydrogen-bond acceptors (Lipinski definition) is 3. The van der Waals surface area contributed by atoms with Crippen LogP contribution in [0.4, 0.5) is 11.4 Å². The normalized spacial score (nSPS) is 11.1. The third kappa shape index (κ3) is 7.51. The highest BCUT2D eigenvalue weighted by Crippen LogP contribution is 2.22. The van der Waals surface area contributed by atoms with Crippen molar-refractivity contribution in [1.82, 2.24) is 0 Å². The fraction of sp³-hybridized carbons (Fsp3) is 0.455. The van der Waals surface area contributed by atoms with E-state index >= 15 is 0 Å². The van der Waals surface area contributed by atoms with Gasteiger partial charge in [-0.15, -0.1) is 0 Å². The summed E-state index contributed by atoms with van der Waals surface area (Å²) >= 11 is 0. The van der Waals surface area contributed by atoms with Crippen LogP contribution in [0.25, 0.3) is 0 Å². The predicted octanol–water partition coefficient (Wildman–Crippen LogP) is 7.40. The Hall–Kier alpha value is -2.16. The number of azo groups is 1. The minimum Gasteiger partial charge on any atom is -0.494 e. The average molecular weight is 338 g/mol. The highest BCUT2D eigenvalue weighted by atomic mass is 16.5. The molecule has 0 unspecified atom stereocenters. The minimum atomic E-state index is 0.742. The van der Waals surface area contributed by atoms with Crippen molar-refractivity contribution in [2.45, 2.75) is 58.8 Å². The van der Waals surface area contributed by atoms with E-state index in [2.05, 4.69) is 36.2 Å². The zero-order valence-corrected chi connectivity index (χ0v) is 15.6. The summed E-state index contributed by atoms with van der Waals surface area (Å²) in [5, 5.41) is 8.61. The molecule has 2 aromatic rings. The molecule has 25 heavy (non-hydrogen) atoms.